The highest BCUT2D eigenvalue weighted by molar-refractivity contribution is 4.73. The van der Waals surface area contributed by atoms with Crippen LogP contribution in [0.15, 0.2) is 0 Å². The minimum atomic E-state index is 0.792. The van der Waals surface area contributed by atoms with E-state index in [0.717, 1.165) is 12.0 Å². The predicted molar refractivity (Wildman–Crippen MR) is 76.4 cm³/mol. The topological polar surface area (TPSA) is 15.3 Å². The van der Waals surface area contributed by atoms with Gasteiger partial charge in [-0.2, -0.15) is 0 Å². The second-order valence-corrected chi connectivity index (χ2v) is 5.70. The molecule has 1 rings (SSSR count). The summed E-state index contributed by atoms with van der Waals surface area (Å²) < 4.78 is 0. The first-order valence-electron chi connectivity index (χ1n) is 7.72. The smallest absolute Gasteiger partial charge is 0.0107 e. The van der Waals surface area contributed by atoms with Gasteiger partial charge in [-0.15, -0.1) is 0 Å². The number of nitrogens with one attached hydrogen (secondary N) is 1. The van der Waals surface area contributed by atoms with Gasteiger partial charge < -0.3 is 10.2 Å². The van der Waals surface area contributed by atoms with Crippen molar-refractivity contribution in [3.63, 3.8) is 0 Å². The van der Waals surface area contributed by atoms with Crippen molar-refractivity contribution in [3.05, 3.63) is 0 Å². The Balaban J connectivity index is 2.12. The number of hydrogen-bond acceptors (Lipinski definition) is 2. The average molecular weight is 240 g/mol. The fourth-order valence-electron chi connectivity index (χ4n) is 2.86. The van der Waals surface area contributed by atoms with E-state index in [-0.39, 0.29) is 0 Å². The molecular formula is C15H32N2. The maximum atomic E-state index is 3.76. The number of hydrogen-bond donors (Lipinski definition) is 1. The van der Waals surface area contributed by atoms with Gasteiger partial charge in [0.05, 0.1) is 0 Å². The zero-order valence-corrected chi connectivity index (χ0v) is 12.2. The maximum absolute atomic E-state index is 3.76. The third-order valence-electron chi connectivity index (χ3n) is 4.11. The Kier molecular flexibility index (Phi) is 7.87. The van der Waals surface area contributed by atoms with Crippen LogP contribution in [0.25, 0.3) is 0 Å². The number of rotatable bonds is 7. The molecule has 2 nitrogen and oxygen atoms in total. The minimum Gasteiger partial charge on any atom is -0.313 e. The normalized spacial score (nSPS) is 26.1. The summed E-state index contributed by atoms with van der Waals surface area (Å²) in [5, 5.41) is 3.76. The summed E-state index contributed by atoms with van der Waals surface area (Å²) in [6.45, 7) is 11.8. The molecule has 0 aromatic carbocycles. The summed E-state index contributed by atoms with van der Waals surface area (Å²) >= 11 is 0. The molecule has 102 valence electrons. The van der Waals surface area contributed by atoms with E-state index >= 15 is 0 Å². The van der Waals surface area contributed by atoms with Gasteiger partial charge in [-0.25, -0.2) is 0 Å². The predicted octanol–water partition coefficient (Wildman–Crippen LogP) is 3.28. The van der Waals surface area contributed by atoms with Crippen LogP contribution in [0.1, 0.15) is 59.3 Å². The first kappa shape index (κ1) is 15.0. The van der Waals surface area contributed by atoms with Crippen molar-refractivity contribution < 1.29 is 0 Å². The second kappa shape index (κ2) is 8.93. The first-order valence-corrected chi connectivity index (χ1v) is 7.72. The fraction of sp³-hybridized carbons (Fsp3) is 1.00. The Bertz CT molecular complexity index is 182. The molecule has 0 aromatic heterocycles. The Morgan fingerprint density at radius 2 is 1.88 bits per heavy atom. The molecule has 0 saturated heterocycles. The van der Waals surface area contributed by atoms with E-state index in [1.807, 2.05) is 0 Å². The van der Waals surface area contributed by atoms with Gasteiger partial charge in [-0.1, -0.05) is 33.6 Å². The molecule has 0 radical (unpaired) electrons. The molecule has 0 spiro atoms. The third-order valence-corrected chi connectivity index (χ3v) is 4.11. The molecule has 17 heavy (non-hydrogen) atoms. The lowest BCUT2D eigenvalue weighted by molar-refractivity contribution is 0.279. The Morgan fingerprint density at radius 3 is 2.59 bits per heavy atom. The molecule has 2 atom stereocenters. The van der Waals surface area contributed by atoms with E-state index in [4.69, 9.17) is 0 Å². The molecule has 0 aliphatic heterocycles. The monoisotopic (exact) mass is 240 g/mol. The van der Waals surface area contributed by atoms with Crippen molar-refractivity contribution in [2.75, 3.05) is 26.2 Å². The van der Waals surface area contributed by atoms with Gasteiger partial charge in [0.1, 0.15) is 0 Å². The minimum absolute atomic E-state index is 0.792. The van der Waals surface area contributed by atoms with Crippen LogP contribution >= 0.6 is 0 Å². The van der Waals surface area contributed by atoms with Gasteiger partial charge in [0, 0.05) is 19.1 Å². The fourth-order valence-corrected chi connectivity index (χ4v) is 2.86. The molecule has 2 heteroatoms. The molecule has 1 N–H and O–H groups in total. The highest BCUT2D eigenvalue weighted by Gasteiger charge is 2.15. The lowest BCUT2D eigenvalue weighted by Crippen LogP contribution is -2.37. The number of nitrogens with zero attached hydrogens (tertiary/aromatic N) is 1. The molecule has 0 bridgehead atoms. The van der Waals surface area contributed by atoms with Crippen LogP contribution in [0.4, 0.5) is 0 Å². The SMILES string of the molecule is CCCN(CC)CCNC1CCCC(C)CC1. The van der Waals surface area contributed by atoms with Crippen LogP contribution in [0.5, 0.6) is 0 Å². The van der Waals surface area contributed by atoms with Gasteiger partial charge in [0.25, 0.3) is 0 Å². The van der Waals surface area contributed by atoms with Crippen molar-refractivity contribution in [2.45, 2.75) is 65.3 Å². The van der Waals surface area contributed by atoms with E-state index in [2.05, 4.69) is 31.0 Å². The van der Waals surface area contributed by atoms with Crippen molar-refractivity contribution in [3.8, 4) is 0 Å². The van der Waals surface area contributed by atoms with Crippen LogP contribution in [-0.2, 0) is 0 Å². The molecule has 0 aromatic rings. The molecular weight excluding hydrogens is 208 g/mol. The standard InChI is InChI=1S/C15H32N2/c1-4-12-17(5-2)13-11-16-15-8-6-7-14(3)9-10-15/h14-16H,4-13H2,1-3H3. The lowest BCUT2D eigenvalue weighted by Gasteiger charge is -2.22. The van der Waals surface area contributed by atoms with Crippen molar-refractivity contribution in [2.24, 2.45) is 5.92 Å². The van der Waals surface area contributed by atoms with Crippen molar-refractivity contribution in [1.82, 2.24) is 10.2 Å². The van der Waals surface area contributed by atoms with E-state index in [0.29, 0.717) is 0 Å². The molecule has 1 aliphatic rings. The zero-order valence-electron chi connectivity index (χ0n) is 12.2. The highest BCUT2D eigenvalue weighted by atomic mass is 15.1. The van der Waals surface area contributed by atoms with Crippen LogP contribution in [0.2, 0.25) is 0 Å². The molecule has 0 amide bonds. The van der Waals surface area contributed by atoms with Crippen LogP contribution in [0, 0.1) is 5.92 Å². The van der Waals surface area contributed by atoms with Crippen molar-refractivity contribution in [1.29, 1.82) is 0 Å². The maximum Gasteiger partial charge on any atom is 0.0107 e. The Hall–Kier alpha value is -0.0800. The van der Waals surface area contributed by atoms with Gasteiger partial charge in [0.2, 0.25) is 0 Å². The zero-order chi connectivity index (χ0) is 12.5. The molecule has 1 fully saturated rings. The summed E-state index contributed by atoms with van der Waals surface area (Å²) in [7, 11) is 0. The summed E-state index contributed by atoms with van der Waals surface area (Å²) in [5.41, 5.74) is 0. The first-order chi connectivity index (χ1) is 8.26. The lowest BCUT2D eigenvalue weighted by atomic mass is 10.0. The van der Waals surface area contributed by atoms with E-state index in [1.54, 1.807) is 0 Å². The third kappa shape index (κ3) is 6.42. The van der Waals surface area contributed by atoms with Crippen LogP contribution < -0.4 is 5.32 Å². The average Bonchev–Trinajstić information content (AvgIpc) is 2.53. The Morgan fingerprint density at radius 1 is 1.06 bits per heavy atom. The summed E-state index contributed by atoms with van der Waals surface area (Å²) in [4.78, 5) is 2.55. The molecule has 2 unspecified atom stereocenters. The van der Waals surface area contributed by atoms with E-state index in [1.165, 1.54) is 64.7 Å². The molecule has 0 heterocycles. The van der Waals surface area contributed by atoms with Gasteiger partial charge >= 0.3 is 0 Å². The van der Waals surface area contributed by atoms with E-state index in [9.17, 15) is 0 Å². The molecule has 1 aliphatic carbocycles. The highest BCUT2D eigenvalue weighted by Crippen LogP contribution is 2.22. The van der Waals surface area contributed by atoms with Crippen molar-refractivity contribution >= 4 is 0 Å². The Labute approximate surface area is 108 Å². The summed E-state index contributed by atoms with van der Waals surface area (Å²) in [6.07, 6.45) is 8.34. The van der Waals surface area contributed by atoms with Gasteiger partial charge in [-0.05, 0) is 44.7 Å². The van der Waals surface area contributed by atoms with Crippen LogP contribution in [-0.4, -0.2) is 37.1 Å². The second-order valence-electron chi connectivity index (χ2n) is 5.70. The van der Waals surface area contributed by atoms with Gasteiger partial charge in [0.15, 0.2) is 0 Å². The largest absolute Gasteiger partial charge is 0.313 e. The van der Waals surface area contributed by atoms with Crippen LogP contribution in [0.3, 0.4) is 0 Å². The van der Waals surface area contributed by atoms with E-state index < -0.39 is 0 Å². The quantitative estimate of drug-likeness (QED) is 0.687. The summed E-state index contributed by atoms with van der Waals surface area (Å²) in [5.74, 6) is 0.953. The number of likely N-dealkylation sites (N-methyl/N-ethyl adjacent to an activating group) is 1. The van der Waals surface area contributed by atoms with Gasteiger partial charge in [-0.3, -0.25) is 0 Å². The molecule has 1 saturated carbocycles. The summed E-state index contributed by atoms with van der Waals surface area (Å²) in [6, 6.07) is 0.792.